The number of rotatable bonds is 8. The zero-order valence-corrected chi connectivity index (χ0v) is 20.6. The highest BCUT2D eigenvalue weighted by molar-refractivity contribution is 5.88. The van der Waals surface area contributed by atoms with E-state index in [1.165, 1.54) is 0 Å². The first kappa shape index (κ1) is 23.4. The second-order valence-electron chi connectivity index (χ2n) is 8.92. The Hall–Kier alpha value is -4.32. The molecule has 0 saturated carbocycles. The van der Waals surface area contributed by atoms with Crippen molar-refractivity contribution in [1.82, 2.24) is 40.2 Å². The molecule has 1 amide bonds. The minimum Gasteiger partial charge on any atom is -0.365 e. The molecule has 1 fully saturated rings. The number of amides is 1. The van der Waals surface area contributed by atoms with Gasteiger partial charge in [0, 0.05) is 49.6 Å². The van der Waals surface area contributed by atoms with Gasteiger partial charge in [-0.25, -0.2) is 14.6 Å². The SMILES string of the molecule is COC1(C(=O)NCc2ccc(-n3ccc(C)n3)nc2)CN(c2nc(C)cc(Nc3cc(C)[nH]n3)n2)C1. The highest BCUT2D eigenvalue weighted by atomic mass is 16.5. The van der Waals surface area contributed by atoms with Crippen LogP contribution < -0.4 is 15.5 Å². The first-order valence-electron chi connectivity index (χ1n) is 11.5. The van der Waals surface area contributed by atoms with Gasteiger partial charge in [0.2, 0.25) is 5.95 Å². The van der Waals surface area contributed by atoms with E-state index in [9.17, 15) is 4.79 Å². The van der Waals surface area contributed by atoms with Crippen LogP contribution in [-0.2, 0) is 16.1 Å². The Morgan fingerprint density at radius 3 is 2.58 bits per heavy atom. The lowest BCUT2D eigenvalue weighted by Gasteiger charge is -2.47. The number of aryl methyl sites for hydroxylation is 3. The highest BCUT2D eigenvalue weighted by Crippen LogP contribution is 2.30. The minimum atomic E-state index is -0.972. The molecular weight excluding hydrogens is 460 g/mol. The number of nitrogens with one attached hydrogen (secondary N) is 3. The Morgan fingerprint density at radius 1 is 1.11 bits per heavy atom. The second-order valence-corrected chi connectivity index (χ2v) is 8.92. The predicted octanol–water partition coefficient (Wildman–Crippen LogP) is 1.97. The number of H-pyrrole nitrogens is 1. The molecule has 186 valence electrons. The van der Waals surface area contributed by atoms with Crippen molar-refractivity contribution in [1.29, 1.82) is 0 Å². The van der Waals surface area contributed by atoms with Crippen LogP contribution in [0.15, 0.2) is 42.7 Å². The number of anilines is 3. The summed E-state index contributed by atoms with van der Waals surface area (Å²) >= 11 is 0. The molecule has 0 radical (unpaired) electrons. The summed E-state index contributed by atoms with van der Waals surface area (Å²) in [5, 5.41) is 17.6. The zero-order valence-electron chi connectivity index (χ0n) is 20.6. The van der Waals surface area contributed by atoms with Crippen LogP contribution >= 0.6 is 0 Å². The van der Waals surface area contributed by atoms with Crippen LogP contribution in [0.4, 0.5) is 17.6 Å². The molecule has 1 aliphatic heterocycles. The molecule has 4 aromatic heterocycles. The summed E-state index contributed by atoms with van der Waals surface area (Å²) in [6.07, 6.45) is 3.59. The largest absolute Gasteiger partial charge is 0.365 e. The van der Waals surface area contributed by atoms with E-state index < -0.39 is 5.60 Å². The van der Waals surface area contributed by atoms with Crippen LogP contribution in [0.1, 0.15) is 22.6 Å². The number of carbonyl (C=O) groups excluding carboxylic acids is 1. The molecule has 0 spiro atoms. The summed E-state index contributed by atoms with van der Waals surface area (Å²) in [6.45, 7) is 6.78. The van der Waals surface area contributed by atoms with Gasteiger partial charge in [0.15, 0.2) is 17.2 Å². The number of carbonyl (C=O) groups is 1. The third-order valence-corrected chi connectivity index (χ3v) is 6.00. The molecule has 0 bridgehead atoms. The van der Waals surface area contributed by atoms with Gasteiger partial charge < -0.3 is 20.3 Å². The Balaban J connectivity index is 1.20. The third-order valence-electron chi connectivity index (χ3n) is 6.00. The van der Waals surface area contributed by atoms with Crippen LogP contribution in [-0.4, -0.2) is 66.6 Å². The lowest BCUT2D eigenvalue weighted by molar-refractivity contribution is -0.146. The van der Waals surface area contributed by atoms with E-state index in [1.807, 2.05) is 62.2 Å². The molecule has 0 aromatic carbocycles. The predicted molar refractivity (Wildman–Crippen MR) is 133 cm³/mol. The molecule has 5 heterocycles. The van der Waals surface area contributed by atoms with Crippen LogP contribution in [0.5, 0.6) is 0 Å². The van der Waals surface area contributed by atoms with Gasteiger partial charge >= 0.3 is 0 Å². The first-order valence-corrected chi connectivity index (χ1v) is 11.5. The number of aromatic nitrogens is 7. The van der Waals surface area contributed by atoms with Crippen LogP contribution in [0.25, 0.3) is 5.82 Å². The lowest BCUT2D eigenvalue weighted by Crippen LogP contribution is -2.70. The highest BCUT2D eigenvalue weighted by Gasteiger charge is 2.51. The molecule has 12 heteroatoms. The topological polar surface area (TPSA) is 139 Å². The zero-order chi connectivity index (χ0) is 25.3. The molecule has 5 rings (SSSR count). The van der Waals surface area contributed by atoms with Gasteiger partial charge in [0.25, 0.3) is 5.91 Å². The average Bonchev–Trinajstić information content (AvgIpc) is 3.45. The van der Waals surface area contributed by atoms with Crippen molar-refractivity contribution in [3.63, 3.8) is 0 Å². The monoisotopic (exact) mass is 488 g/mol. The molecule has 0 aliphatic carbocycles. The van der Waals surface area contributed by atoms with Crippen molar-refractivity contribution in [2.45, 2.75) is 32.9 Å². The summed E-state index contributed by atoms with van der Waals surface area (Å²) in [4.78, 5) is 28.5. The number of methoxy groups -OCH3 is 1. The molecule has 1 saturated heterocycles. The van der Waals surface area contributed by atoms with E-state index >= 15 is 0 Å². The lowest BCUT2D eigenvalue weighted by atomic mass is 9.93. The molecule has 1 aliphatic rings. The number of nitrogens with zero attached hydrogens (tertiary/aromatic N) is 7. The molecule has 0 atom stereocenters. The standard InChI is InChI=1S/C24H28N10O2/c1-15-7-8-34(32-15)21-6-5-18(11-25-21)12-26-22(35)24(36-4)13-33(14-24)23-27-16(2)9-19(29-23)28-20-10-17(3)30-31-20/h5-11H,12-14H2,1-4H3,(H,26,35)(H2,27,28,29,30,31). The molecule has 3 N–H and O–H groups in total. The third kappa shape index (κ3) is 4.75. The summed E-state index contributed by atoms with van der Waals surface area (Å²) < 4.78 is 7.36. The van der Waals surface area contributed by atoms with Crippen LogP contribution in [0, 0.1) is 20.8 Å². The van der Waals surface area contributed by atoms with Crippen LogP contribution in [0.3, 0.4) is 0 Å². The molecular formula is C24H28N10O2. The van der Waals surface area contributed by atoms with Gasteiger partial charge in [0.1, 0.15) is 5.82 Å². The summed E-state index contributed by atoms with van der Waals surface area (Å²) in [6, 6.07) is 9.44. The minimum absolute atomic E-state index is 0.189. The van der Waals surface area contributed by atoms with Gasteiger partial charge in [-0.15, -0.1) is 0 Å². The second kappa shape index (κ2) is 9.38. The van der Waals surface area contributed by atoms with E-state index in [0.717, 1.165) is 28.5 Å². The van der Waals surface area contributed by atoms with Gasteiger partial charge in [-0.1, -0.05) is 6.07 Å². The average molecular weight is 489 g/mol. The van der Waals surface area contributed by atoms with Gasteiger partial charge in [-0.05, 0) is 38.5 Å². The van der Waals surface area contributed by atoms with Gasteiger partial charge in [-0.2, -0.15) is 15.2 Å². The maximum Gasteiger partial charge on any atom is 0.256 e. The normalized spacial score (nSPS) is 14.4. The Labute approximate surface area is 208 Å². The van der Waals surface area contributed by atoms with Crippen molar-refractivity contribution in [3.05, 3.63) is 65.4 Å². The molecule has 36 heavy (non-hydrogen) atoms. The Morgan fingerprint density at radius 2 is 1.94 bits per heavy atom. The maximum atomic E-state index is 13.0. The van der Waals surface area contributed by atoms with E-state index in [4.69, 9.17) is 4.74 Å². The van der Waals surface area contributed by atoms with E-state index in [2.05, 4.69) is 40.9 Å². The summed E-state index contributed by atoms with van der Waals surface area (Å²) in [7, 11) is 1.54. The van der Waals surface area contributed by atoms with E-state index in [-0.39, 0.29) is 5.91 Å². The number of hydrogen-bond donors (Lipinski definition) is 3. The van der Waals surface area contributed by atoms with Crippen molar-refractivity contribution >= 4 is 23.5 Å². The fourth-order valence-electron chi connectivity index (χ4n) is 3.99. The number of pyridine rings is 1. The molecule has 4 aromatic rings. The quantitative estimate of drug-likeness (QED) is 0.340. The van der Waals surface area contributed by atoms with Crippen molar-refractivity contribution in [2.24, 2.45) is 0 Å². The molecule has 0 unspecified atom stereocenters. The number of hydrogen-bond acceptors (Lipinski definition) is 9. The Bertz CT molecular complexity index is 1370. The van der Waals surface area contributed by atoms with Crippen molar-refractivity contribution in [3.8, 4) is 5.82 Å². The van der Waals surface area contributed by atoms with Gasteiger partial charge in [-0.3, -0.25) is 9.89 Å². The Kier molecular flexibility index (Phi) is 6.10. The fourth-order valence-corrected chi connectivity index (χ4v) is 3.99. The van der Waals surface area contributed by atoms with Crippen LogP contribution in [0.2, 0.25) is 0 Å². The smallest absolute Gasteiger partial charge is 0.256 e. The summed E-state index contributed by atoms with van der Waals surface area (Å²) in [5.41, 5.74) is 2.57. The van der Waals surface area contributed by atoms with Gasteiger partial charge in [0.05, 0.1) is 18.8 Å². The number of aromatic amines is 1. The van der Waals surface area contributed by atoms with E-state index in [1.54, 1.807) is 18.0 Å². The van der Waals surface area contributed by atoms with Crippen molar-refractivity contribution < 1.29 is 9.53 Å². The molecule has 12 nitrogen and oxygen atoms in total. The number of ether oxygens (including phenoxy) is 1. The fraction of sp³-hybridized carbons (Fsp3) is 0.333. The maximum absolute atomic E-state index is 13.0. The van der Waals surface area contributed by atoms with E-state index in [0.29, 0.717) is 37.2 Å². The summed E-state index contributed by atoms with van der Waals surface area (Å²) in [5.74, 6) is 2.36. The van der Waals surface area contributed by atoms with Crippen molar-refractivity contribution in [2.75, 3.05) is 30.4 Å². The first-order chi connectivity index (χ1) is 17.3.